The van der Waals surface area contributed by atoms with E-state index in [9.17, 15) is 13.2 Å². The number of rotatable bonds is 8. The first kappa shape index (κ1) is 21.1. The van der Waals surface area contributed by atoms with E-state index in [1.54, 1.807) is 42.5 Å². The Balaban J connectivity index is 1.74. The number of carbonyl (C=O) groups is 1. The summed E-state index contributed by atoms with van der Waals surface area (Å²) in [5, 5.41) is 3.64. The van der Waals surface area contributed by atoms with Crippen LogP contribution in [0.2, 0.25) is 10.0 Å². The lowest BCUT2D eigenvalue weighted by Crippen LogP contribution is -2.28. The molecule has 0 spiro atoms. The molecule has 0 aromatic heterocycles. The van der Waals surface area contributed by atoms with Crippen molar-refractivity contribution in [3.63, 3.8) is 0 Å². The van der Waals surface area contributed by atoms with Gasteiger partial charge in [-0.05, 0) is 42.0 Å². The van der Waals surface area contributed by atoms with E-state index in [-0.39, 0.29) is 12.5 Å². The first-order valence-electron chi connectivity index (χ1n) is 7.82. The molecule has 27 heavy (non-hydrogen) atoms. The Hall–Kier alpha value is -2.22. The van der Waals surface area contributed by atoms with Crippen LogP contribution >= 0.6 is 23.2 Å². The van der Waals surface area contributed by atoms with Crippen LogP contribution in [0.25, 0.3) is 6.08 Å². The van der Waals surface area contributed by atoms with Crippen LogP contribution in [0.3, 0.4) is 0 Å². The fourth-order valence-electron chi connectivity index (χ4n) is 2.02. The van der Waals surface area contributed by atoms with Crippen LogP contribution in [0.4, 0.5) is 5.69 Å². The zero-order chi connectivity index (χ0) is 19.9. The summed E-state index contributed by atoms with van der Waals surface area (Å²) in [6, 6.07) is 11.5. The van der Waals surface area contributed by atoms with Crippen molar-refractivity contribution in [1.29, 1.82) is 0 Å². The SMILES string of the molecule is CS(=O)(=O)Nc1ccc(OCC(=O)NCC=Cc2ccc(Cl)c(Cl)c2)cc1. The summed E-state index contributed by atoms with van der Waals surface area (Å²) in [4.78, 5) is 11.8. The largest absolute Gasteiger partial charge is 0.484 e. The molecule has 1 amide bonds. The predicted octanol–water partition coefficient (Wildman–Crippen LogP) is 3.57. The fourth-order valence-corrected chi connectivity index (χ4v) is 2.89. The van der Waals surface area contributed by atoms with Crippen molar-refractivity contribution < 1.29 is 17.9 Å². The molecule has 0 unspecified atom stereocenters. The Bertz CT molecular complexity index is 929. The Kier molecular flexibility index (Phi) is 7.53. The van der Waals surface area contributed by atoms with E-state index in [0.717, 1.165) is 11.8 Å². The maximum atomic E-state index is 11.8. The standard InChI is InChI=1S/C18H18Cl2N2O4S/c1-27(24,25)22-14-5-7-15(8-6-14)26-12-18(23)21-10-2-3-13-4-9-16(19)17(20)11-13/h2-9,11,22H,10,12H2,1H3,(H,21,23). The topological polar surface area (TPSA) is 84.5 Å². The van der Waals surface area contributed by atoms with Crippen LogP contribution in [-0.4, -0.2) is 33.7 Å². The number of amides is 1. The Morgan fingerprint density at radius 3 is 2.44 bits per heavy atom. The average Bonchev–Trinajstić information content (AvgIpc) is 2.60. The monoisotopic (exact) mass is 428 g/mol. The first-order chi connectivity index (χ1) is 12.7. The van der Waals surface area contributed by atoms with Crippen LogP contribution in [0.1, 0.15) is 5.56 Å². The second-order valence-electron chi connectivity index (χ2n) is 5.57. The van der Waals surface area contributed by atoms with Crippen LogP contribution < -0.4 is 14.8 Å². The highest BCUT2D eigenvalue weighted by Crippen LogP contribution is 2.23. The molecular weight excluding hydrogens is 411 g/mol. The predicted molar refractivity (Wildman–Crippen MR) is 109 cm³/mol. The summed E-state index contributed by atoms with van der Waals surface area (Å²) in [6.07, 6.45) is 4.66. The van der Waals surface area contributed by atoms with Crippen molar-refractivity contribution in [3.05, 3.63) is 64.1 Å². The van der Waals surface area contributed by atoms with Gasteiger partial charge in [-0.3, -0.25) is 9.52 Å². The van der Waals surface area contributed by atoms with Gasteiger partial charge >= 0.3 is 0 Å². The maximum Gasteiger partial charge on any atom is 0.258 e. The number of anilines is 1. The minimum absolute atomic E-state index is 0.153. The number of hydrogen-bond donors (Lipinski definition) is 2. The van der Waals surface area contributed by atoms with Crippen LogP contribution in [-0.2, 0) is 14.8 Å². The van der Waals surface area contributed by atoms with Crippen LogP contribution in [0, 0.1) is 0 Å². The third-order valence-electron chi connectivity index (χ3n) is 3.20. The lowest BCUT2D eigenvalue weighted by molar-refractivity contribution is -0.122. The Morgan fingerprint density at radius 2 is 1.81 bits per heavy atom. The highest BCUT2D eigenvalue weighted by atomic mass is 35.5. The normalized spacial score (nSPS) is 11.4. The second kappa shape index (κ2) is 9.64. The van der Waals surface area contributed by atoms with E-state index in [4.69, 9.17) is 27.9 Å². The molecule has 2 aromatic carbocycles. The van der Waals surface area contributed by atoms with Crippen molar-refractivity contribution in [2.75, 3.05) is 24.1 Å². The Labute approximate surface area is 168 Å². The summed E-state index contributed by atoms with van der Waals surface area (Å²) in [5.41, 5.74) is 1.29. The van der Waals surface area contributed by atoms with E-state index in [1.165, 1.54) is 0 Å². The molecule has 0 saturated heterocycles. The molecule has 0 saturated carbocycles. The van der Waals surface area contributed by atoms with E-state index >= 15 is 0 Å². The molecule has 144 valence electrons. The molecular formula is C18H18Cl2N2O4S. The molecule has 2 N–H and O–H groups in total. The number of sulfonamides is 1. The van der Waals surface area contributed by atoms with Gasteiger partial charge in [0.2, 0.25) is 10.0 Å². The van der Waals surface area contributed by atoms with E-state index in [1.807, 2.05) is 12.1 Å². The third-order valence-corrected chi connectivity index (χ3v) is 4.54. The average molecular weight is 429 g/mol. The molecule has 9 heteroatoms. The summed E-state index contributed by atoms with van der Waals surface area (Å²) >= 11 is 11.8. The number of hydrogen-bond acceptors (Lipinski definition) is 4. The number of benzene rings is 2. The molecule has 0 radical (unpaired) electrons. The van der Waals surface area contributed by atoms with Gasteiger partial charge in [0.1, 0.15) is 5.75 Å². The molecule has 2 aromatic rings. The van der Waals surface area contributed by atoms with E-state index in [2.05, 4.69) is 10.0 Å². The van der Waals surface area contributed by atoms with Gasteiger partial charge in [-0.2, -0.15) is 0 Å². The fraction of sp³-hybridized carbons (Fsp3) is 0.167. The summed E-state index contributed by atoms with van der Waals surface area (Å²) in [6.45, 7) is 0.180. The third kappa shape index (κ3) is 7.90. The van der Waals surface area contributed by atoms with Crippen LogP contribution in [0.15, 0.2) is 48.5 Å². The van der Waals surface area contributed by atoms with Gasteiger partial charge in [-0.1, -0.05) is 41.4 Å². The Morgan fingerprint density at radius 1 is 1.11 bits per heavy atom. The minimum atomic E-state index is -3.33. The van der Waals surface area contributed by atoms with Crippen LogP contribution in [0.5, 0.6) is 5.75 Å². The molecule has 0 atom stereocenters. The maximum absolute atomic E-state index is 11.8. The van der Waals surface area contributed by atoms with Gasteiger partial charge in [0.05, 0.1) is 16.3 Å². The molecule has 6 nitrogen and oxygen atoms in total. The number of halogens is 2. The van der Waals surface area contributed by atoms with Gasteiger partial charge in [-0.15, -0.1) is 0 Å². The molecule has 0 aliphatic heterocycles. The number of carbonyl (C=O) groups excluding carboxylic acids is 1. The molecule has 0 aliphatic carbocycles. The molecule has 0 heterocycles. The zero-order valence-electron chi connectivity index (χ0n) is 14.4. The summed E-state index contributed by atoms with van der Waals surface area (Å²) < 4.78 is 30.0. The molecule has 0 bridgehead atoms. The second-order valence-corrected chi connectivity index (χ2v) is 8.13. The molecule has 0 aliphatic rings. The van der Waals surface area contributed by atoms with Crippen molar-refractivity contribution in [2.24, 2.45) is 0 Å². The van der Waals surface area contributed by atoms with Crippen molar-refractivity contribution >= 4 is 50.9 Å². The van der Waals surface area contributed by atoms with E-state index in [0.29, 0.717) is 28.0 Å². The number of ether oxygens (including phenoxy) is 1. The van der Waals surface area contributed by atoms with E-state index < -0.39 is 10.0 Å². The van der Waals surface area contributed by atoms with Gasteiger partial charge in [0.25, 0.3) is 5.91 Å². The van der Waals surface area contributed by atoms with Crippen molar-refractivity contribution in [3.8, 4) is 5.75 Å². The highest BCUT2D eigenvalue weighted by molar-refractivity contribution is 7.92. The summed E-state index contributed by atoms with van der Waals surface area (Å²) in [7, 11) is -3.33. The molecule has 2 rings (SSSR count). The minimum Gasteiger partial charge on any atom is -0.484 e. The van der Waals surface area contributed by atoms with Crippen molar-refractivity contribution in [2.45, 2.75) is 0 Å². The first-order valence-corrected chi connectivity index (χ1v) is 10.5. The lowest BCUT2D eigenvalue weighted by Gasteiger charge is -2.08. The number of nitrogens with one attached hydrogen (secondary N) is 2. The van der Waals surface area contributed by atoms with Gasteiger partial charge < -0.3 is 10.1 Å². The smallest absolute Gasteiger partial charge is 0.258 e. The zero-order valence-corrected chi connectivity index (χ0v) is 16.7. The highest BCUT2D eigenvalue weighted by Gasteiger charge is 2.04. The quantitative estimate of drug-likeness (QED) is 0.672. The lowest BCUT2D eigenvalue weighted by atomic mass is 10.2. The van der Waals surface area contributed by atoms with Gasteiger partial charge in [-0.25, -0.2) is 8.42 Å². The van der Waals surface area contributed by atoms with Gasteiger partial charge in [0, 0.05) is 12.2 Å². The van der Waals surface area contributed by atoms with Gasteiger partial charge in [0.15, 0.2) is 6.61 Å². The molecule has 0 fully saturated rings. The summed E-state index contributed by atoms with van der Waals surface area (Å²) in [5.74, 6) is 0.169. The van der Waals surface area contributed by atoms with Crippen molar-refractivity contribution in [1.82, 2.24) is 5.32 Å².